The van der Waals surface area contributed by atoms with Crippen molar-refractivity contribution in [2.45, 2.75) is 29.4 Å². The predicted molar refractivity (Wildman–Crippen MR) is 134 cm³/mol. The minimum Gasteiger partial charge on any atom is -0.320 e. The summed E-state index contributed by atoms with van der Waals surface area (Å²) in [7, 11) is -3.81. The molecule has 0 saturated carbocycles. The fourth-order valence-corrected chi connectivity index (χ4v) is 6.21. The van der Waals surface area contributed by atoms with Gasteiger partial charge < -0.3 is 5.32 Å². The van der Waals surface area contributed by atoms with Gasteiger partial charge in [-0.25, -0.2) is 17.2 Å². The number of carbonyl (C=O) groups excluding carboxylic acids is 1. The van der Waals surface area contributed by atoms with Gasteiger partial charge in [0.2, 0.25) is 0 Å². The van der Waals surface area contributed by atoms with Gasteiger partial charge in [0.1, 0.15) is 11.6 Å². The van der Waals surface area contributed by atoms with Crippen LogP contribution >= 0.6 is 35.0 Å². The van der Waals surface area contributed by atoms with E-state index in [0.717, 1.165) is 23.9 Å². The first-order valence-electron chi connectivity index (χ1n) is 10.1. The Balaban J connectivity index is 0.00000158. The third kappa shape index (κ3) is 5.81. The van der Waals surface area contributed by atoms with Crippen molar-refractivity contribution >= 4 is 62.5 Å². The molecule has 1 aliphatic rings. The average molecular weight is 542 g/mol. The van der Waals surface area contributed by atoms with Crippen molar-refractivity contribution in [1.29, 1.82) is 0 Å². The fraction of sp³-hybridized carbons (Fsp3) is 0.125. The maximum atomic E-state index is 14.0. The van der Waals surface area contributed by atoms with Gasteiger partial charge in [0, 0.05) is 32.1 Å². The molecular weight excluding hydrogens is 523 g/mol. The topological polar surface area (TPSA) is 63.2 Å². The third-order valence-corrected chi connectivity index (χ3v) is 8.08. The zero-order chi connectivity index (χ0) is 25.0. The van der Waals surface area contributed by atoms with Crippen molar-refractivity contribution in [3.05, 3.63) is 92.3 Å². The summed E-state index contributed by atoms with van der Waals surface area (Å²) in [6.07, 6.45) is 1.28. The van der Waals surface area contributed by atoms with Crippen LogP contribution in [0.5, 0.6) is 0 Å². The number of rotatable bonds is 4. The average Bonchev–Trinajstić information content (AvgIpc) is 2.79. The second-order valence-electron chi connectivity index (χ2n) is 6.85. The number of hydrogen-bond donors (Lipinski definition) is 1. The number of benzene rings is 3. The first-order valence-corrected chi connectivity index (χ1v) is 13.3. The second kappa shape index (κ2) is 10.9. The second-order valence-corrected chi connectivity index (χ2v) is 10.7. The van der Waals surface area contributed by atoms with Crippen molar-refractivity contribution < 1.29 is 22.0 Å². The number of thioether (sulfide) groups is 1. The number of hydrogen-bond acceptors (Lipinski definition) is 4. The lowest BCUT2D eigenvalue weighted by Crippen LogP contribution is -2.18. The summed E-state index contributed by atoms with van der Waals surface area (Å²) in [5.74, 6) is -2.43. The van der Waals surface area contributed by atoms with E-state index in [1.807, 2.05) is 13.8 Å². The molecule has 0 fully saturated rings. The summed E-state index contributed by atoms with van der Waals surface area (Å²) >= 11 is 13.2. The summed E-state index contributed by atoms with van der Waals surface area (Å²) in [6.45, 7) is 4.00. The smallest absolute Gasteiger partial charge is 0.262 e. The minimum atomic E-state index is -3.81. The summed E-state index contributed by atoms with van der Waals surface area (Å²) in [6, 6.07) is 12.0. The Morgan fingerprint density at radius 3 is 2.32 bits per heavy atom. The maximum Gasteiger partial charge on any atom is 0.262 e. The van der Waals surface area contributed by atoms with Crippen molar-refractivity contribution in [1.82, 2.24) is 0 Å². The first-order chi connectivity index (χ1) is 16.1. The van der Waals surface area contributed by atoms with Gasteiger partial charge in [0.15, 0.2) is 9.84 Å². The van der Waals surface area contributed by atoms with E-state index in [1.165, 1.54) is 30.3 Å². The number of amides is 1. The molecule has 4 rings (SSSR count). The first kappa shape index (κ1) is 26.2. The summed E-state index contributed by atoms with van der Waals surface area (Å²) < 4.78 is 53.1. The Labute approximate surface area is 210 Å². The normalized spacial score (nSPS) is 14.2. The lowest BCUT2D eigenvalue weighted by atomic mass is 10.2. The van der Waals surface area contributed by atoms with E-state index in [9.17, 15) is 22.0 Å². The molecule has 0 spiro atoms. The van der Waals surface area contributed by atoms with Gasteiger partial charge in [-0.15, -0.1) is 0 Å². The highest BCUT2D eigenvalue weighted by Crippen LogP contribution is 2.41. The largest absolute Gasteiger partial charge is 0.320 e. The van der Waals surface area contributed by atoms with Crippen molar-refractivity contribution in [3.63, 3.8) is 0 Å². The molecule has 3 aromatic rings. The Bertz CT molecular complexity index is 1370. The Hall–Kier alpha value is -2.39. The van der Waals surface area contributed by atoms with E-state index in [-0.39, 0.29) is 25.4 Å². The Morgan fingerprint density at radius 2 is 1.68 bits per heavy atom. The van der Waals surface area contributed by atoms with Gasteiger partial charge in [-0.1, -0.05) is 54.9 Å². The molecule has 178 valence electrons. The van der Waals surface area contributed by atoms with Crippen LogP contribution in [-0.4, -0.2) is 14.3 Å². The van der Waals surface area contributed by atoms with Crippen molar-refractivity contribution in [3.8, 4) is 0 Å². The molecule has 1 aliphatic heterocycles. The molecule has 0 unspecified atom stereocenters. The number of anilines is 1. The van der Waals surface area contributed by atoms with Crippen LogP contribution in [0.3, 0.4) is 0 Å². The van der Waals surface area contributed by atoms with Crippen LogP contribution in [0.1, 0.15) is 25.0 Å². The van der Waals surface area contributed by atoms with E-state index in [2.05, 4.69) is 5.32 Å². The van der Waals surface area contributed by atoms with Gasteiger partial charge in [0.25, 0.3) is 5.91 Å². The van der Waals surface area contributed by atoms with E-state index >= 15 is 0 Å². The van der Waals surface area contributed by atoms with Gasteiger partial charge in [0.05, 0.1) is 21.2 Å². The third-order valence-electron chi connectivity index (χ3n) is 4.65. The standard InChI is InChI=1S/C22H13Cl2F2NO3S2.C2H6/c23-16-2-1-3-17(24)15(16)11-32(29,30)14-6-7-19-20(10-14)31-21(22(28)27-19)8-12-4-5-13(25)9-18(12)26;1-2/h1-10H,11H2,(H,27,28);1-2H3/b21-8-;. The van der Waals surface area contributed by atoms with Crippen LogP contribution in [0.2, 0.25) is 10.0 Å². The number of halogens is 4. The van der Waals surface area contributed by atoms with Crippen LogP contribution in [0.4, 0.5) is 14.5 Å². The quantitative estimate of drug-likeness (QED) is 0.350. The molecule has 34 heavy (non-hydrogen) atoms. The van der Waals surface area contributed by atoms with E-state index in [0.29, 0.717) is 16.1 Å². The monoisotopic (exact) mass is 541 g/mol. The SMILES string of the molecule is CC.O=C1Nc2ccc(S(=O)(=O)Cc3c(Cl)cccc3Cl)cc2S/C1=C\c1ccc(F)cc1F. The van der Waals surface area contributed by atoms with Crippen LogP contribution < -0.4 is 5.32 Å². The van der Waals surface area contributed by atoms with E-state index in [1.54, 1.807) is 18.2 Å². The zero-order valence-electron chi connectivity index (χ0n) is 18.0. The molecule has 0 aliphatic carbocycles. The van der Waals surface area contributed by atoms with Gasteiger partial charge in [-0.2, -0.15) is 0 Å². The molecule has 1 N–H and O–H groups in total. The number of fused-ring (bicyclic) bond motifs is 1. The van der Waals surface area contributed by atoms with Gasteiger partial charge in [-0.3, -0.25) is 4.79 Å². The van der Waals surface area contributed by atoms with Gasteiger partial charge in [-0.05, 0) is 48.5 Å². The van der Waals surface area contributed by atoms with Crippen LogP contribution in [0.15, 0.2) is 69.3 Å². The molecule has 0 saturated heterocycles. The van der Waals surface area contributed by atoms with Crippen LogP contribution in [0.25, 0.3) is 6.08 Å². The lowest BCUT2D eigenvalue weighted by molar-refractivity contribution is -0.112. The maximum absolute atomic E-state index is 14.0. The lowest BCUT2D eigenvalue weighted by Gasteiger charge is -2.19. The number of nitrogens with one attached hydrogen (secondary N) is 1. The molecular formula is C24H19Cl2F2NO3S2. The molecule has 10 heteroatoms. The zero-order valence-corrected chi connectivity index (χ0v) is 21.2. The fourth-order valence-electron chi connectivity index (χ4n) is 3.03. The molecule has 0 aromatic heterocycles. The highest BCUT2D eigenvalue weighted by atomic mass is 35.5. The molecule has 0 atom stereocenters. The summed E-state index contributed by atoms with van der Waals surface area (Å²) in [4.78, 5) is 13.0. The van der Waals surface area contributed by atoms with Crippen molar-refractivity contribution in [2.24, 2.45) is 0 Å². The van der Waals surface area contributed by atoms with E-state index < -0.39 is 33.1 Å². The highest BCUT2D eigenvalue weighted by molar-refractivity contribution is 8.04. The summed E-state index contributed by atoms with van der Waals surface area (Å²) in [5, 5.41) is 3.13. The Morgan fingerprint density at radius 1 is 1.00 bits per heavy atom. The van der Waals surface area contributed by atoms with E-state index in [4.69, 9.17) is 23.2 Å². The molecule has 0 bridgehead atoms. The molecule has 4 nitrogen and oxygen atoms in total. The summed E-state index contributed by atoms with van der Waals surface area (Å²) in [5.41, 5.74) is 0.748. The highest BCUT2D eigenvalue weighted by Gasteiger charge is 2.25. The minimum absolute atomic E-state index is 0.0169. The molecule has 1 amide bonds. The Kier molecular flexibility index (Phi) is 8.41. The number of sulfone groups is 1. The molecule has 0 radical (unpaired) electrons. The molecule has 3 aromatic carbocycles. The van der Waals surface area contributed by atoms with Crippen molar-refractivity contribution in [2.75, 3.05) is 5.32 Å². The molecule has 1 heterocycles. The number of carbonyl (C=O) groups is 1. The van der Waals surface area contributed by atoms with Crippen LogP contribution in [0, 0.1) is 11.6 Å². The predicted octanol–water partition coefficient (Wildman–Crippen LogP) is 7.36. The van der Waals surface area contributed by atoms with Crippen LogP contribution in [-0.2, 0) is 20.4 Å². The van der Waals surface area contributed by atoms with Gasteiger partial charge >= 0.3 is 0 Å².